The van der Waals surface area contributed by atoms with Crippen LogP contribution in [-0.2, 0) is 6.42 Å². The Labute approximate surface area is 108 Å². The Morgan fingerprint density at radius 1 is 1.65 bits per heavy atom. The third-order valence-corrected chi connectivity index (χ3v) is 4.28. The van der Waals surface area contributed by atoms with E-state index in [1.54, 1.807) is 11.3 Å². The molecule has 0 aliphatic heterocycles. The normalized spacial score (nSPS) is 29.4. The van der Waals surface area contributed by atoms with Crippen LogP contribution < -0.4 is 11.1 Å². The lowest BCUT2D eigenvalue weighted by Gasteiger charge is -2.37. The molecule has 0 spiro atoms. The zero-order chi connectivity index (χ0) is 12.1. The number of hydrogen-bond acceptors (Lipinski definition) is 4. The van der Waals surface area contributed by atoms with Crippen molar-refractivity contribution in [1.82, 2.24) is 10.3 Å². The predicted molar refractivity (Wildman–Crippen MR) is 73.2 cm³/mol. The van der Waals surface area contributed by atoms with Crippen molar-refractivity contribution in [3.63, 3.8) is 0 Å². The number of nitrogens with zero attached hydrogens (tertiary/aromatic N) is 1. The van der Waals surface area contributed by atoms with Crippen molar-refractivity contribution < 1.29 is 0 Å². The third-order valence-electron chi connectivity index (χ3n) is 3.65. The monoisotopic (exact) mass is 253 g/mol. The standard InChI is InChI=1S/C13H23N3S/c1-11-3-2-5-13(14,7-11)9-15-6-4-12-8-17-10-16-12/h8,10-11,15H,2-7,9,14H2,1H3. The average molecular weight is 253 g/mol. The molecule has 17 heavy (non-hydrogen) atoms. The largest absolute Gasteiger partial charge is 0.324 e. The number of aromatic nitrogens is 1. The van der Waals surface area contributed by atoms with Crippen LogP contribution in [0.4, 0.5) is 0 Å². The van der Waals surface area contributed by atoms with Crippen LogP contribution in [0.15, 0.2) is 10.9 Å². The van der Waals surface area contributed by atoms with Gasteiger partial charge in [0, 0.05) is 30.4 Å². The molecule has 2 rings (SSSR count). The summed E-state index contributed by atoms with van der Waals surface area (Å²) < 4.78 is 0. The molecule has 1 saturated carbocycles. The van der Waals surface area contributed by atoms with Crippen LogP contribution in [0, 0.1) is 5.92 Å². The van der Waals surface area contributed by atoms with E-state index in [1.165, 1.54) is 25.0 Å². The Balaban J connectivity index is 1.67. The van der Waals surface area contributed by atoms with Gasteiger partial charge in [-0.2, -0.15) is 0 Å². The van der Waals surface area contributed by atoms with Crippen LogP contribution in [0.2, 0.25) is 0 Å². The van der Waals surface area contributed by atoms with E-state index in [-0.39, 0.29) is 5.54 Å². The Morgan fingerprint density at radius 2 is 2.53 bits per heavy atom. The zero-order valence-corrected chi connectivity index (χ0v) is 11.4. The zero-order valence-electron chi connectivity index (χ0n) is 10.6. The highest BCUT2D eigenvalue weighted by Crippen LogP contribution is 2.29. The van der Waals surface area contributed by atoms with Crippen molar-refractivity contribution in [2.45, 2.75) is 44.6 Å². The van der Waals surface area contributed by atoms with Gasteiger partial charge in [0.2, 0.25) is 0 Å². The van der Waals surface area contributed by atoms with Crippen molar-refractivity contribution in [2.75, 3.05) is 13.1 Å². The Bertz CT molecular complexity index is 325. The van der Waals surface area contributed by atoms with E-state index < -0.39 is 0 Å². The van der Waals surface area contributed by atoms with Crippen LogP contribution in [0.3, 0.4) is 0 Å². The van der Waals surface area contributed by atoms with Crippen molar-refractivity contribution in [3.05, 3.63) is 16.6 Å². The SMILES string of the molecule is CC1CCCC(N)(CNCCc2cscn2)C1. The van der Waals surface area contributed by atoms with E-state index in [0.29, 0.717) is 0 Å². The number of thiazole rings is 1. The highest BCUT2D eigenvalue weighted by molar-refractivity contribution is 7.07. The summed E-state index contributed by atoms with van der Waals surface area (Å²) in [4.78, 5) is 4.28. The molecule has 0 amide bonds. The Morgan fingerprint density at radius 3 is 3.24 bits per heavy atom. The van der Waals surface area contributed by atoms with Crippen LogP contribution in [-0.4, -0.2) is 23.6 Å². The minimum Gasteiger partial charge on any atom is -0.324 e. The maximum absolute atomic E-state index is 6.43. The lowest BCUT2D eigenvalue weighted by molar-refractivity contribution is 0.230. The van der Waals surface area contributed by atoms with Gasteiger partial charge in [0.15, 0.2) is 0 Å². The average Bonchev–Trinajstić information content (AvgIpc) is 2.77. The maximum atomic E-state index is 6.43. The molecule has 1 fully saturated rings. The molecule has 1 aromatic heterocycles. The number of nitrogens with two attached hydrogens (primary N) is 1. The molecule has 1 aliphatic carbocycles. The molecular weight excluding hydrogens is 230 g/mol. The first-order valence-corrected chi connectivity index (χ1v) is 7.49. The summed E-state index contributed by atoms with van der Waals surface area (Å²) in [5.74, 6) is 0.786. The van der Waals surface area contributed by atoms with E-state index in [4.69, 9.17) is 5.73 Å². The van der Waals surface area contributed by atoms with Gasteiger partial charge in [-0.3, -0.25) is 0 Å². The van der Waals surface area contributed by atoms with E-state index in [2.05, 4.69) is 22.6 Å². The van der Waals surface area contributed by atoms with Crippen LogP contribution in [0.1, 0.15) is 38.3 Å². The van der Waals surface area contributed by atoms with E-state index in [0.717, 1.165) is 31.8 Å². The Kier molecular flexibility index (Phi) is 4.54. The van der Waals surface area contributed by atoms with Crippen molar-refractivity contribution >= 4 is 11.3 Å². The fraction of sp³-hybridized carbons (Fsp3) is 0.769. The molecule has 3 N–H and O–H groups in total. The molecule has 1 aliphatic rings. The topological polar surface area (TPSA) is 50.9 Å². The summed E-state index contributed by atoms with van der Waals surface area (Å²) >= 11 is 1.66. The second kappa shape index (κ2) is 5.94. The second-order valence-corrected chi connectivity index (χ2v) is 6.19. The van der Waals surface area contributed by atoms with Gasteiger partial charge in [0.25, 0.3) is 0 Å². The lowest BCUT2D eigenvalue weighted by atomic mass is 9.77. The molecule has 1 aromatic rings. The minimum atomic E-state index is 0.0275. The summed E-state index contributed by atoms with van der Waals surface area (Å²) in [7, 11) is 0. The summed E-state index contributed by atoms with van der Waals surface area (Å²) in [5, 5.41) is 5.61. The molecule has 96 valence electrons. The van der Waals surface area contributed by atoms with Gasteiger partial charge in [-0.05, 0) is 18.8 Å². The molecule has 4 heteroatoms. The summed E-state index contributed by atoms with van der Waals surface area (Å²) in [6.45, 7) is 4.24. The highest BCUT2D eigenvalue weighted by atomic mass is 32.1. The predicted octanol–water partition coefficient (Wildman–Crippen LogP) is 2.18. The lowest BCUT2D eigenvalue weighted by Crippen LogP contribution is -2.51. The molecule has 2 atom stereocenters. The van der Waals surface area contributed by atoms with E-state index >= 15 is 0 Å². The summed E-state index contributed by atoms with van der Waals surface area (Å²) in [6.07, 6.45) is 5.97. The first-order valence-electron chi connectivity index (χ1n) is 6.55. The quantitative estimate of drug-likeness (QED) is 0.791. The van der Waals surface area contributed by atoms with Gasteiger partial charge in [0.1, 0.15) is 0 Å². The van der Waals surface area contributed by atoms with Gasteiger partial charge < -0.3 is 11.1 Å². The second-order valence-electron chi connectivity index (χ2n) is 5.47. The maximum Gasteiger partial charge on any atom is 0.0794 e. The molecule has 2 unspecified atom stereocenters. The number of hydrogen-bond donors (Lipinski definition) is 2. The molecule has 0 bridgehead atoms. The molecule has 1 heterocycles. The van der Waals surface area contributed by atoms with Gasteiger partial charge in [0.05, 0.1) is 11.2 Å². The summed E-state index contributed by atoms with van der Waals surface area (Å²) in [6, 6.07) is 0. The molecule has 3 nitrogen and oxygen atoms in total. The fourth-order valence-corrected chi connectivity index (χ4v) is 3.37. The molecule has 0 saturated heterocycles. The smallest absolute Gasteiger partial charge is 0.0794 e. The van der Waals surface area contributed by atoms with E-state index in [9.17, 15) is 0 Å². The molecule has 0 radical (unpaired) electrons. The highest BCUT2D eigenvalue weighted by Gasteiger charge is 2.30. The molecule has 0 aromatic carbocycles. The Hall–Kier alpha value is -0.450. The third kappa shape index (κ3) is 4.05. The van der Waals surface area contributed by atoms with Gasteiger partial charge in [-0.15, -0.1) is 11.3 Å². The van der Waals surface area contributed by atoms with Crippen molar-refractivity contribution in [1.29, 1.82) is 0 Å². The van der Waals surface area contributed by atoms with Gasteiger partial charge in [-0.25, -0.2) is 4.98 Å². The van der Waals surface area contributed by atoms with Crippen LogP contribution in [0.5, 0.6) is 0 Å². The number of nitrogens with one attached hydrogen (secondary N) is 1. The van der Waals surface area contributed by atoms with Crippen molar-refractivity contribution in [3.8, 4) is 0 Å². The first-order chi connectivity index (χ1) is 8.18. The fourth-order valence-electron chi connectivity index (χ4n) is 2.78. The van der Waals surface area contributed by atoms with Gasteiger partial charge in [-0.1, -0.05) is 19.8 Å². The van der Waals surface area contributed by atoms with E-state index in [1.807, 2.05) is 5.51 Å². The van der Waals surface area contributed by atoms with Crippen LogP contribution >= 0.6 is 11.3 Å². The molecular formula is C13H23N3S. The first kappa shape index (κ1) is 13.0. The summed E-state index contributed by atoms with van der Waals surface area (Å²) in [5.41, 5.74) is 9.54. The van der Waals surface area contributed by atoms with Gasteiger partial charge >= 0.3 is 0 Å². The minimum absolute atomic E-state index is 0.0275. The van der Waals surface area contributed by atoms with Crippen LogP contribution in [0.25, 0.3) is 0 Å². The van der Waals surface area contributed by atoms with Crippen molar-refractivity contribution in [2.24, 2.45) is 11.7 Å². The number of rotatable bonds is 5.